The molecule has 61 heavy (non-hydrogen) atoms. The van der Waals surface area contributed by atoms with Crippen LogP contribution in [0.1, 0.15) is 141 Å². The maximum Gasteiger partial charge on any atom is 0.335 e. The molecule has 0 bridgehead atoms. The van der Waals surface area contributed by atoms with Crippen LogP contribution in [0.3, 0.4) is 0 Å². The Morgan fingerprint density at radius 1 is 0.344 bits per heavy atom. The maximum atomic E-state index is 10.2. The van der Waals surface area contributed by atoms with E-state index in [4.69, 9.17) is 20.4 Å². The number of hydrogen-bond acceptors (Lipinski definition) is 8. The van der Waals surface area contributed by atoms with Crippen molar-refractivity contribution < 1.29 is 60.0 Å². The van der Waals surface area contributed by atoms with Gasteiger partial charge in [-0.2, -0.15) is 0 Å². The van der Waals surface area contributed by atoms with E-state index >= 15 is 0 Å². The minimum Gasteiger partial charge on any atom is -0.478 e. The Kier molecular flexibility index (Phi) is 34.5. The molecule has 4 aromatic rings. The quantitative estimate of drug-likeness (QED) is 0.0496. The molecule has 0 heterocycles. The highest BCUT2D eigenvalue weighted by Gasteiger charge is 2.24. The van der Waals surface area contributed by atoms with Crippen LogP contribution < -0.4 is 0 Å². The summed E-state index contributed by atoms with van der Waals surface area (Å²) in [4.78, 5) is 40.8. The van der Waals surface area contributed by atoms with Gasteiger partial charge in [-0.25, -0.2) is 19.2 Å². The van der Waals surface area contributed by atoms with E-state index < -0.39 is 23.9 Å². The molecule has 0 aromatic heterocycles. The highest BCUT2D eigenvalue weighted by Crippen LogP contribution is 2.22. The Morgan fingerprint density at radius 2 is 0.574 bits per heavy atom. The van der Waals surface area contributed by atoms with Crippen LogP contribution in [0.4, 0.5) is 0 Å². The van der Waals surface area contributed by atoms with E-state index in [9.17, 15) is 39.6 Å². The van der Waals surface area contributed by atoms with E-state index in [0.717, 1.165) is 57.8 Å². The molecule has 0 spiro atoms. The third kappa shape index (κ3) is 27.9. The van der Waals surface area contributed by atoms with E-state index in [1.807, 2.05) is 27.7 Å². The van der Waals surface area contributed by atoms with Crippen LogP contribution >= 0.6 is 0 Å². The number of hydrogen-bond donors (Lipinski definition) is 8. The second kappa shape index (κ2) is 36.5. The molecular formula is C49H70O12. The standard InChI is InChI=1S/C11H24O2.C10H22O2.4C7H6O2/c1-4-7-9(10(12)6-3)11(13)8-5-2;1-4-7-10(12)8(5-2)9(11)6-3;4*8-7(9)6-4-2-1-3-5-6/h9-13H,4-8H2,1-3H3;8-12H,4-7H2,1-3H3;4*1-5H,(H,8,9). The molecule has 0 saturated carbocycles. The number of aromatic carboxylic acids is 4. The second-order valence-corrected chi connectivity index (χ2v) is 13.9. The van der Waals surface area contributed by atoms with Crippen molar-refractivity contribution in [1.82, 2.24) is 0 Å². The maximum absolute atomic E-state index is 10.2. The van der Waals surface area contributed by atoms with Crippen molar-refractivity contribution in [3.05, 3.63) is 144 Å². The minimum atomic E-state index is -0.879. The van der Waals surface area contributed by atoms with Crippen LogP contribution in [0.25, 0.3) is 0 Å². The van der Waals surface area contributed by atoms with Crippen molar-refractivity contribution in [2.24, 2.45) is 11.8 Å². The van der Waals surface area contributed by atoms with Gasteiger partial charge in [-0.15, -0.1) is 0 Å². The van der Waals surface area contributed by atoms with Crippen molar-refractivity contribution in [2.75, 3.05) is 0 Å². The van der Waals surface area contributed by atoms with Crippen LogP contribution in [-0.2, 0) is 0 Å². The fraction of sp³-hybridized carbons (Fsp3) is 0.429. The van der Waals surface area contributed by atoms with Crippen molar-refractivity contribution in [1.29, 1.82) is 0 Å². The monoisotopic (exact) mass is 850 g/mol. The number of aliphatic hydroxyl groups is 4. The fourth-order valence-corrected chi connectivity index (χ4v) is 5.72. The number of benzene rings is 4. The topological polar surface area (TPSA) is 230 Å². The van der Waals surface area contributed by atoms with Gasteiger partial charge in [-0.05, 0) is 87.1 Å². The first-order valence-electron chi connectivity index (χ1n) is 20.9. The summed E-state index contributed by atoms with van der Waals surface area (Å²) in [6, 6.07) is 33.2. The lowest BCUT2D eigenvalue weighted by molar-refractivity contribution is 0.00168. The molecule has 12 nitrogen and oxygen atoms in total. The van der Waals surface area contributed by atoms with Crippen LogP contribution in [0, 0.1) is 11.8 Å². The van der Waals surface area contributed by atoms with Gasteiger partial charge < -0.3 is 40.9 Å². The Morgan fingerprint density at radius 3 is 0.754 bits per heavy atom. The van der Waals surface area contributed by atoms with E-state index in [0.29, 0.717) is 22.3 Å². The number of carboxylic acid groups (broad SMARTS) is 4. The molecule has 0 aliphatic carbocycles. The second-order valence-electron chi connectivity index (χ2n) is 13.9. The van der Waals surface area contributed by atoms with E-state index in [1.54, 1.807) is 121 Å². The predicted octanol–water partition coefficient (Wildman–Crippen LogP) is 9.82. The lowest BCUT2D eigenvalue weighted by atomic mass is 9.88. The molecular weight excluding hydrogens is 781 g/mol. The molecule has 338 valence electrons. The molecule has 0 amide bonds. The summed E-state index contributed by atoms with van der Waals surface area (Å²) in [6.07, 6.45) is 6.55. The third-order valence-electron chi connectivity index (χ3n) is 9.16. The van der Waals surface area contributed by atoms with Crippen molar-refractivity contribution in [3.8, 4) is 0 Å². The van der Waals surface area contributed by atoms with Gasteiger partial charge in [0.25, 0.3) is 0 Å². The summed E-state index contributed by atoms with van der Waals surface area (Å²) >= 11 is 0. The van der Waals surface area contributed by atoms with Gasteiger partial charge in [-0.1, -0.05) is 134 Å². The summed E-state index contributed by atoms with van der Waals surface area (Å²) in [5, 5.41) is 72.2. The molecule has 0 aliphatic rings. The minimum absolute atomic E-state index is 0.0648. The van der Waals surface area contributed by atoms with E-state index in [1.165, 1.54) is 0 Å². The predicted molar refractivity (Wildman–Crippen MR) is 240 cm³/mol. The summed E-state index contributed by atoms with van der Waals surface area (Å²) in [5.74, 6) is -3.37. The van der Waals surface area contributed by atoms with Gasteiger partial charge in [0.05, 0.1) is 46.7 Å². The van der Waals surface area contributed by atoms with Gasteiger partial charge in [0.15, 0.2) is 0 Å². The molecule has 0 radical (unpaired) electrons. The SMILES string of the molecule is CCCC(O)C(CC)C(O)CC.CCCC(O)C(CCC)C(O)CC.O=C(O)c1ccccc1.O=C(O)c1ccccc1.O=C(O)c1ccccc1.O=C(O)c1ccccc1. The van der Waals surface area contributed by atoms with Gasteiger partial charge in [0.2, 0.25) is 0 Å². The summed E-state index contributed by atoms with van der Waals surface area (Å²) < 4.78 is 0. The average molecular weight is 851 g/mol. The highest BCUT2D eigenvalue weighted by molar-refractivity contribution is 5.88. The zero-order valence-corrected chi connectivity index (χ0v) is 36.6. The largest absolute Gasteiger partial charge is 0.478 e. The van der Waals surface area contributed by atoms with Crippen LogP contribution in [0.5, 0.6) is 0 Å². The number of rotatable bonds is 17. The zero-order valence-electron chi connectivity index (χ0n) is 36.6. The summed E-state index contributed by atoms with van der Waals surface area (Å²) in [7, 11) is 0. The zero-order chi connectivity index (χ0) is 46.6. The molecule has 0 saturated heterocycles. The number of carboxylic acids is 4. The Hall–Kier alpha value is -5.40. The first kappa shape index (κ1) is 57.7. The molecule has 6 unspecified atom stereocenters. The van der Waals surface area contributed by atoms with Gasteiger partial charge in [-0.3, -0.25) is 0 Å². The molecule has 8 N–H and O–H groups in total. The van der Waals surface area contributed by atoms with Gasteiger partial charge in [0, 0.05) is 11.8 Å². The van der Waals surface area contributed by atoms with E-state index in [-0.39, 0.29) is 36.3 Å². The van der Waals surface area contributed by atoms with Crippen LogP contribution in [-0.4, -0.2) is 89.1 Å². The Balaban J connectivity index is 0. The summed E-state index contributed by atoms with van der Waals surface area (Å²) in [5.41, 5.74) is 1.32. The molecule has 4 rings (SSSR count). The molecule has 12 heteroatoms. The van der Waals surface area contributed by atoms with Crippen LogP contribution in [0.2, 0.25) is 0 Å². The third-order valence-corrected chi connectivity index (χ3v) is 9.16. The number of carbonyl (C=O) groups is 4. The smallest absolute Gasteiger partial charge is 0.335 e. The van der Waals surface area contributed by atoms with Gasteiger partial charge >= 0.3 is 23.9 Å². The normalized spacial score (nSPS) is 12.8. The lowest BCUT2D eigenvalue weighted by Crippen LogP contribution is -2.31. The molecule has 0 aliphatic heterocycles. The molecule has 0 fully saturated rings. The first-order chi connectivity index (χ1) is 29.1. The first-order valence-corrected chi connectivity index (χ1v) is 20.9. The molecule has 4 aromatic carbocycles. The van der Waals surface area contributed by atoms with Crippen molar-refractivity contribution in [2.45, 2.75) is 124 Å². The van der Waals surface area contributed by atoms with Crippen LogP contribution in [0.15, 0.2) is 121 Å². The Labute approximate surface area is 362 Å². The van der Waals surface area contributed by atoms with Crippen molar-refractivity contribution >= 4 is 23.9 Å². The summed E-state index contributed by atoms with van der Waals surface area (Å²) in [6.45, 7) is 12.1. The molecule has 6 atom stereocenters. The van der Waals surface area contributed by atoms with E-state index in [2.05, 4.69) is 13.8 Å². The number of aliphatic hydroxyl groups excluding tert-OH is 4. The highest BCUT2D eigenvalue weighted by atomic mass is 16.4. The van der Waals surface area contributed by atoms with Crippen molar-refractivity contribution in [3.63, 3.8) is 0 Å². The fourth-order valence-electron chi connectivity index (χ4n) is 5.72. The average Bonchev–Trinajstić information content (AvgIpc) is 3.28. The Bertz CT molecular complexity index is 1470. The van der Waals surface area contributed by atoms with Gasteiger partial charge in [0.1, 0.15) is 0 Å². The lowest BCUT2D eigenvalue weighted by Gasteiger charge is -2.26.